The molecule has 1 heteroatoms. The molecule has 0 fully saturated rings. The predicted molar refractivity (Wildman–Crippen MR) is 73.2 cm³/mol. The summed E-state index contributed by atoms with van der Waals surface area (Å²) in [5, 5.41) is 1.90. The van der Waals surface area contributed by atoms with Gasteiger partial charge in [0, 0.05) is 0 Å². The highest BCUT2D eigenvalue weighted by molar-refractivity contribution is 7.41. The zero-order chi connectivity index (χ0) is 10.9. The molecule has 0 amide bonds. The van der Waals surface area contributed by atoms with E-state index in [1.54, 1.807) is 8.20 Å². The third-order valence-electron chi connectivity index (χ3n) is 3.46. The Hall–Kier alpha value is 0.170. The molecule has 1 unspecified atom stereocenters. The van der Waals surface area contributed by atoms with E-state index in [1.807, 2.05) is 5.29 Å². The summed E-state index contributed by atoms with van der Waals surface area (Å²) < 4.78 is 0. The highest BCUT2D eigenvalue weighted by Gasteiger charge is 2.18. The summed E-state index contributed by atoms with van der Waals surface area (Å²) in [5.41, 5.74) is 0. The Morgan fingerprint density at radius 1 is 1.07 bits per heavy atom. The van der Waals surface area contributed by atoms with Gasteiger partial charge in [0.25, 0.3) is 0 Å². The van der Waals surface area contributed by atoms with E-state index in [1.165, 1.54) is 63.9 Å². The third kappa shape index (κ3) is 5.16. The fraction of sp³-hybridized carbons (Fsp3) is 0.929. The normalized spacial score (nSPS) is 21.7. The van der Waals surface area contributed by atoms with Crippen molar-refractivity contribution in [2.24, 2.45) is 5.92 Å². The molecule has 0 saturated carbocycles. The van der Waals surface area contributed by atoms with Crippen LogP contribution < -0.4 is 0 Å². The molecule has 0 aliphatic carbocycles. The van der Waals surface area contributed by atoms with Crippen LogP contribution in [0.15, 0.2) is 0 Å². The first-order valence-corrected chi connectivity index (χ1v) is 7.99. The quantitative estimate of drug-likeness (QED) is 0.390. The fourth-order valence-electron chi connectivity index (χ4n) is 2.45. The van der Waals surface area contributed by atoms with Crippen molar-refractivity contribution in [3.63, 3.8) is 0 Å². The molecule has 1 atom stereocenters. The highest BCUT2D eigenvalue weighted by atomic mass is 31.1. The summed E-state index contributed by atoms with van der Waals surface area (Å²) >= 11 is 0. The van der Waals surface area contributed by atoms with Crippen molar-refractivity contribution in [1.29, 1.82) is 0 Å². The van der Waals surface area contributed by atoms with E-state index in [4.69, 9.17) is 0 Å². The number of hydrogen-bond acceptors (Lipinski definition) is 0. The minimum atomic E-state index is 1.01. The lowest BCUT2D eigenvalue weighted by molar-refractivity contribution is 0.555. The van der Waals surface area contributed by atoms with Crippen LogP contribution in [0.2, 0.25) is 0 Å². The molecule has 0 bridgehead atoms. The van der Waals surface area contributed by atoms with E-state index >= 15 is 0 Å². The van der Waals surface area contributed by atoms with Gasteiger partial charge < -0.3 is 0 Å². The van der Waals surface area contributed by atoms with Gasteiger partial charge in [-0.25, -0.2) is 0 Å². The maximum Gasteiger partial charge on any atom is -0.0101 e. The van der Waals surface area contributed by atoms with Crippen molar-refractivity contribution < 1.29 is 0 Å². The first-order valence-electron chi connectivity index (χ1n) is 6.91. The molecule has 0 aromatic rings. The SMILES string of the molecule is CCCCCC1=PCCC1CCCCC. The monoisotopic (exact) mass is 226 g/mol. The van der Waals surface area contributed by atoms with Crippen LogP contribution in [0, 0.1) is 5.92 Å². The molecule has 0 saturated heterocycles. The van der Waals surface area contributed by atoms with Crippen molar-refractivity contribution in [3.8, 4) is 0 Å². The van der Waals surface area contributed by atoms with Gasteiger partial charge in [-0.3, -0.25) is 0 Å². The molecule has 1 heterocycles. The van der Waals surface area contributed by atoms with Crippen LogP contribution >= 0.6 is 8.20 Å². The second kappa shape index (κ2) is 8.34. The van der Waals surface area contributed by atoms with Gasteiger partial charge in [-0.1, -0.05) is 46.0 Å². The maximum absolute atomic E-state index is 2.30. The molecule has 1 aliphatic rings. The van der Waals surface area contributed by atoms with Gasteiger partial charge in [0.05, 0.1) is 0 Å². The van der Waals surface area contributed by atoms with E-state index in [-0.39, 0.29) is 0 Å². The van der Waals surface area contributed by atoms with E-state index < -0.39 is 0 Å². The third-order valence-corrected chi connectivity index (χ3v) is 4.93. The van der Waals surface area contributed by atoms with Crippen molar-refractivity contribution in [2.45, 2.75) is 71.6 Å². The first-order chi connectivity index (χ1) is 7.38. The van der Waals surface area contributed by atoms with Crippen molar-refractivity contribution in [1.82, 2.24) is 0 Å². The van der Waals surface area contributed by atoms with Crippen LogP contribution in [-0.4, -0.2) is 11.5 Å². The Morgan fingerprint density at radius 2 is 1.80 bits per heavy atom. The molecule has 1 aliphatic heterocycles. The lowest BCUT2D eigenvalue weighted by atomic mass is 9.93. The van der Waals surface area contributed by atoms with Crippen molar-refractivity contribution in [2.75, 3.05) is 6.16 Å². The van der Waals surface area contributed by atoms with Gasteiger partial charge in [-0.05, 0) is 43.1 Å². The molecule has 0 radical (unpaired) electrons. The van der Waals surface area contributed by atoms with Crippen LogP contribution in [0.1, 0.15) is 71.6 Å². The van der Waals surface area contributed by atoms with Gasteiger partial charge in [-0.15, -0.1) is 8.20 Å². The van der Waals surface area contributed by atoms with E-state index in [0.29, 0.717) is 0 Å². The Bertz CT molecular complexity index is 184. The van der Waals surface area contributed by atoms with Gasteiger partial charge in [0.2, 0.25) is 0 Å². The summed E-state index contributed by atoms with van der Waals surface area (Å²) in [6.07, 6.45) is 14.4. The molecular weight excluding hydrogens is 199 g/mol. The predicted octanol–water partition coefficient (Wildman–Crippen LogP) is 5.29. The molecule has 0 nitrogen and oxygen atoms in total. The topological polar surface area (TPSA) is 0 Å². The summed E-state index contributed by atoms with van der Waals surface area (Å²) in [5.74, 6) is 1.01. The second-order valence-electron chi connectivity index (χ2n) is 4.81. The molecule has 0 aromatic heterocycles. The standard InChI is InChI=1S/C14H27P/c1-3-5-7-9-13-11-12-15-14(13)10-8-6-4-2/h13H,3-12H2,1-2H3. The number of hydrogen-bond donors (Lipinski definition) is 0. The van der Waals surface area contributed by atoms with Gasteiger partial charge in [0.15, 0.2) is 0 Å². The summed E-state index contributed by atoms with van der Waals surface area (Å²) in [6, 6.07) is 0. The molecule has 15 heavy (non-hydrogen) atoms. The average Bonchev–Trinajstić information content (AvgIpc) is 2.67. The molecule has 0 aromatic carbocycles. The number of rotatable bonds is 8. The zero-order valence-corrected chi connectivity index (χ0v) is 11.5. The fourth-order valence-corrected chi connectivity index (χ4v) is 4.01. The molecule has 0 spiro atoms. The van der Waals surface area contributed by atoms with Crippen molar-refractivity contribution in [3.05, 3.63) is 0 Å². The van der Waals surface area contributed by atoms with E-state index in [9.17, 15) is 0 Å². The first kappa shape index (κ1) is 13.2. The summed E-state index contributed by atoms with van der Waals surface area (Å²) in [7, 11) is 1.70. The largest absolute Gasteiger partial charge is 0.105 e. The van der Waals surface area contributed by atoms with Gasteiger partial charge in [-0.2, -0.15) is 0 Å². The lowest BCUT2D eigenvalue weighted by Gasteiger charge is -2.13. The minimum absolute atomic E-state index is 1.01. The van der Waals surface area contributed by atoms with Crippen LogP contribution in [0.5, 0.6) is 0 Å². The summed E-state index contributed by atoms with van der Waals surface area (Å²) in [4.78, 5) is 0. The average molecular weight is 226 g/mol. The van der Waals surface area contributed by atoms with E-state index in [0.717, 1.165) is 5.92 Å². The smallest absolute Gasteiger partial charge is 0.0101 e. The number of unbranched alkanes of at least 4 members (excludes halogenated alkanes) is 4. The van der Waals surface area contributed by atoms with Crippen LogP contribution in [0.4, 0.5) is 0 Å². The Morgan fingerprint density at radius 3 is 2.53 bits per heavy atom. The van der Waals surface area contributed by atoms with Crippen LogP contribution in [0.25, 0.3) is 0 Å². The highest BCUT2D eigenvalue weighted by Crippen LogP contribution is 2.30. The van der Waals surface area contributed by atoms with E-state index in [2.05, 4.69) is 13.8 Å². The molecule has 1 rings (SSSR count). The van der Waals surface area contributed by atoms with Gasteiger partial charge in [0.1, 0.15) is 0 Å². The molecular formula is C14H27P. The zero-order valence-electron chi connectivity index (χ0n) is 10.6. The van der Waals surface area contributed by atoms with Crippen molar-refractivity contribution >= 4 is 13.5 Å². The van der Waals surface area contributed by atoms with Crippen LogP contribution in [-0.2, 0) is 0 Å². The lowest BCUT2D eigenvalue weighted by Crippen LogP contribution is -2.09. The Labute approximate surface area is 97.7 Å². The Balaban J connectivity index is 2.17. The maximum atomic E-state index is 2.30. The Kier molecular flexibility index (Phi) is 7.36. The second-order valence-corrected chi connectivity index (χ2v) is 6.15. The molecule has 88 valence electrons. The van der Waals surface area contributed by atoms with Gasteiger partial charge >= 0.3 is 0 Å². The molecule has 0 N–H and O–H groups in total. The van der Waals surface area contributed by atoms with Crippen LogP contribution in [0.3, 0.4) is 0 Å². The minimum Gasteiger partial charge on any atom is -0.105 e. The summed E-state index contributed by atoms with van der Waals surface area (Å²) in [6.45, 7) is 4.61.